The van der Waals surface area contributed by atoms with E-state index in [1.54, 1.807) is 12.1 Å². The third-order valence-electron chi connectivity index (χ3n) is 3.21. The molecule has 0 aromatic heterocycles. The van der Waals surface area contributed by atoms with E-state index in [1.807, 2.05) is 36.4 Å². The van der Waals surface area contributed by atoms with Crippen molar-refractivity contribution in [3.8, 4) is 5.75 Å². The molecule has 1 atom stereocenters. The van der Waals surface area contributed by atoms with E-state index in [4.69, 9.17) is 5.11 Å². The number of benzene rings is 2. The smallest absolute Gasteiger partial charge is 0.115 e. The maximum Gasteiger partial charge on any atom is 0.115 e. The van der Waals surface area contributed by atoms with Crippen LogP contribution < -0.4 is 5.32 Å². The average Bonchev–Trinajstić information content (AvgIpc) is 2.46. The molecular formula is C16H19NO2. The second kappa shape index (κ2) is 6.36. The molecule has 0 amide bonds. The fraction of sp³-hybridized carbons (Fsp3) is 0.250. The third-order valence-corrected chi connectivity index (χ3v) is 3.21. The van der Waals surface area contributed by atoms with Gasteiger partial charge in [-0.2, -0.15) is 0 Å². The van der Waals surface area contributed by atoms with E-state index in [-0.39, 0.29) is 18.4 Å². The predicted molar refractivity (Wildman–Crippen MR) is 75.7 cm³/mol. The van der Waals surface area contributed by atoms with Gasteiger partial charge in [0.2, 0.25) is 0 Å². The van der Waals surface area contributed by atoms with Crippen molar-refractivity contribution in [3.05, 3.63) is 65.2 Å². The van der Waals surface area contributed by atoms with Gasteiger partial charge in [-0.1, -0.05) is 36.4 Å². The van der Waals surface area contributed by atoms with Gasteiger partial charge in [0.05, 0.1) is 6.61 Å². The quantitative estimate of drug-likeness (QED) is 0.772. The highest BCUT2D eigenvalue weighted by molar-refractivity contribution is 5.28. The van der Waals surface area contributed by atoms with E-state index in [0.717, 1.165) is 17.7 Å². The Labute approximate surface area is 113 Å². The van der Waals surface area contributed by atoms with Crippen molar-refractivity contribution in [2.45, 2.75) is 26.1 Å². The summed E-state index contributed by atoms with van der Waals surface area (Å²) in [5.74, 6) is 0.288. The maximum absolute atomic E-state index is 9.25. The van der Waals surface area contributed by atoms with Crippen LogP contribution in [-0.4, -0.2) is 10.2 Å². The highest BCUT2D eigenvalue weighted by Gasteiger charge is 2.04. The molecule has 1 unspecified atom stereocenters. The Morgan fingerprint density at radius 1 is 0.947 bits per heavy atom. The van der Waals surface area contributed by atoms with Crippen LogP contribution in [0.3, 0.4) is 0 Å². The molecule has 0 aliphatic heterocycles. The fourth-order valence-corrected chi connectivity index (χ4v) is 1.91. The molecule has 0 saturated carbocycles. The van der Waals surface area contributed by atoms with Gasteiger partial charge in [-0.15, -0.1) is 0 Å². The lowest BCUT2D eigenvalue weighted by Gasteiger charge is -2.14. The average molecular weight is 257 g/mol. The summed E-state index contributed by atoms with van der Waals surface area (Å²) in [5, 5.41) is 21.7. The molecule has 0 spiro atoms. The van der Waals surface area contributed by atoms with Gasteiger partial charge in [0.15, 0.2) is 0 Å². The van der Waals surface area contributed by atoms with Gasteiger partial charge >= 0.3 is 0 Å². The van der Waals surface area contributed by atoms with Gasteiger partial charge in [0.25, 0.3) is 0 Å². The van der Waals surface area contributed by atoms with Crippen LogP contribution in [0.2, 0.25) is 0 Å². The topological polar surface area (TPSA) is 52.5 Å². The number of aliphatic hydroxyl groups is 1. The highest BCUT2D eigenvalue weighted by Crippen LogP contribution is 2.17. The van der Waals surface area contributed by atoms with Crippen molar-refractivity contribution in [2.24, 2.45) is 0 Å². The summed E-state index contributed by atoms with van der Waals surface area (Å²) in [6.07, 6.45) is 0. The number of hydrogen-bond acceptors (Lipinski definition) is 3. The van der Waals surface area contributed by atoms with E-state index in [0.29, 0.717) is 0 Å². The molecule has 0 fully saturated rings. The molecule has 3 nitrogen and oxygen atoms in total. The number of phenols is 1. The Hall–Kier alpha value is -1.84. The lowest BCUT2D eigenvalue weighted by atomic mass is 10.1. The molecule has 2 rings (SSSR count). The Kier molecular flexibility index (Phi) is 4.55. The minimum Gasteiger partial charge on any atom is -0.508 e. The number of nitrogens with one attached hydrogen (secondary N) is 1. The molecule has 0 bridgehead atoms. The zero-order chi connectivity index (χ0) is 13.7. The van der Waals surface area contributed by atoms with Crippen molar-refractivity contribution in [3.63, 3.8) is 0 Å². The SMILES string of the molecule is CC(NCc1ccc(CO)cc1)c1ccc(O)cc1. The second-order valence-electron chi connectivity index (χ2n) is 4.67. The van der Waals surface area contributed by atoms with Gasteiger partial charge in [0.1, 0.15) is 5.75 Å². The van der Waals surface area contributed by atoms with Gasteiger partial charge in [0, 0.05) is 12.6 Å². The van der Waals surface area contributed by atoms with Gasteiger partial charge in [-0.3, -0.25) is 0 Å². The minimum absolute atomic E-state index is 0.0810. The summed E-state index contributed by atoms with van der Waals surface area (Å²) in [5.41, 5.74) is 3.25. The molecule has 0 aliphatic rings. The van der Waals surface area contributed by atoms with Crippen LogP contribution in [0.25, 0.3) is 0 Å². The van der Waals surface area contributed by atoms with E-state index in [9.17, 15) is 5.11 Å². The molecule has 0 aliphatic carbocycles. The van der Waals surface area contributed by atoms with Crippen molar-refractivity contribution < 1.29 is 10.2 Å². The molecule has 100 valence electrons. The van der Waals surface area contributed by atoms with Crippen LogP contribution >= 0.6 is 0 Å². The first-order valence-electron chi connectivity index (χ1n) is 6.40. The molecule has 0 heterocycles. The molecule has 2 aromatic rings. The van der Waals surface area contributed by atoms with E-state index in [2.05, 4.69) is 12.2 Å². The zero-order valence-corrected chi connectivity index (χ0v) is 11.0. The number of hydrogen-bond donors (Lipinski definition) is 3. The first-order valence-corrected chi connectivity index (χ1v) is 6.40. The summed E-state index contributed by atoms with van der Waals surface area (Å²) in [6.45, 7) is 2.94. The molecule has 19 heavy (non-hydrogen) atoms. The second-order valence-corrected chi connectivity index (χ2v) is 4.67. The molecule has 2 aromatic carbocycles. The summed E-state index contributed by atoms with van der Waals surface area (Å²) < 4.78 is 0. The minimum atomic E-state index is 0.0810. The van der Waals surface area contributed by atoms with Gasteiger partial charge in [-0.05, 0) is 35.7 Å². The number of aliphatic hydroxyl groups excluding tert-OH is 1. The molecular weight excluding hydrogens is 238 g/mol. The van der Waals surface area contributed by atoms with E-state index in [1.165, 1.54) is 5.56 Å². The Balaban J connectivity index is 1.92. The number of rotatable bonds is 5. The summed E-state index contributed by atoms with van der Waals surface area (Å²) in [7, 11) is 0. The zero-order valence-electron chi connectivity index (χ0n) is 11.0. The van der Waals surface area contributed by atoms with Crippen molar-refractivity contribution in [1.82, 2.24) is 5.32 Å². The summed E-state index contributed by atoms with van der Waals surface area (Å²) in [6, 6.07) is 15.4. The van der Waals surface area contributed by atoms with E-state index >= 15 is 0 Å². The number of aromatic hydroxyl groups is 1. The first-order chi connectivity index (χ1) is 9.19. The largest absolute Gasteiger partial charge is 0.508 e. The molecule has 3 heteroatoms. The number of phenolic OH excluding ortho intramolecular Hbond substituents is 1. The summed E-state index contributed by atoms with van der Waals surface area (Å²) >= 11 is 0. The Morgan fingerprint density at radius 3 is 2.11 bits per heavy atom. The monoisotopic (exact) mass is 257 g/mol. The Bertz CT molecular complexity index is 505. The van der Waals surface area contributed by atoms with Crippen LogP contribution in [0.1, 0.15) is 29.7 Å². The van der Waals surface area contributed by atoms with E-state index < -0.39 is 0 Å². The fourth-order valence-electron chi connectivity index (χ4n) is 1.91. The van der Waals surface area contributed by atoms with Gasteiger partial charge in [-0.25, -0.2) is 0 Å². The normalized spacial score (nSPS) is 12.3. The molecule has 0 radical (unpaired) electrons. The molecule has 3 N–H and O–H groups in total. The van der Waals surface area contributed by atoms with Crippen molar-refractivity contribution in [1.29, 1.82) is 0 Å². The predicted octanol–water partition coefficient (Wildman–Crippen LogP) is 2.74. The highest BCUT2D eigenvalue weighted by atomic mass is 16.3. The summed E-state index contributed by atoms with van der Waals surface area (Å²) in [4.78, 5) is 0. The van der Waals surface area contributed by atoms with Crippen molar-refractivity contribution in [2.75, 3.05) is 0 Å². The lowest BCUT2D eigenvalue weighted by Crippen LogP contribution is -2.17. The van der Waals surface area contributed by atoms with Crippen LogP contribution in [0.5, 0.6) is 5.75 Å². The standard InChI is InChI=1S/C16H19NO2/c1-12(15-6-8-16(19)9-7-15)17-10-13-2-4-14(11-18)5-3-13/h2-9,12,17-19H,10-11H2,1H3. The lowest BCUT2D eigenvalue weighted by molar-refractivity contribution is 0.282. The van der Waals surface area contributed by atoms with Gasteiger partial charge < -0.3 is 15.5 Å². The third kappa shape index (κ3) is 3.81. The van der Waals surface area contributed by atoms with Crippen LogP contribution in [-0.2, 0) is 13.2 Å². The first kappa shape index (κ1) is 13.6. The van der Waals surface area contributed by atoms with Crippen LogP contribution in [0, 0.1) is 0 Å². The van der Waals surface area contributed by atoms with Crippen LogP contribution in [0.4, 0.5) is 0 Å². The molecule has 0 saturated heterocycles. The maximum atomic E-state index is 9.25. The van der Waals surface area contributed by atoms with Crippen LogP contribution in [0.15, 0.2) is 48.5 Å². The Morgan fingerprint density at radius 2 is 1.53 bits per heavy atom. The van der Waals surface area contributed by atoms with Crippen molar-refractivity contribution >= 4 is 0 Å².